The number of Topliss-reactive ketones (excluding diaryl/α,β-unsaturated/α-hetero) is 1. The molecule has 2 aromatic rings. The van der Waals surface area contributed by atoms with E-state index in [0.717, 1.165) is 12.8 Å². The summed E-state index contributed by atoms with van der Waals surface area (Å²) < 4.78 is 41.1. The van der Waals surface area contributed by atoms with Crippen LogP contribution in [0, 0.1) is 0 Å². The number of nitrogens with zero attached hydrogens (tertiary/aromatic N) is 2. The van der Waals surface area contributed by atoms with Gasteiger partial charge in [-0.25, -0.2) is 0 Å². The number of hydrogen-bond acceptors (Lipinski definition) is 3. The van der Waals surface area contributed by atoms with E-state index in [2.05, 4.69) is 10.4 Å². The van der Waals surface area contributed by atoms with Gasteiger partial charge in [-0.15, -0.1) is 0 Å². The van der Waals surface area contributed by atoms with Gasteiger partial charge in [-0.2, -0.15) is 18.3 Å². The van der Waals surface area contributed by atoms with Gasteiger partial charge >= 0.3 is 6.18 Å². The summed E-state index contributed by atoms with van der Waals surface area (Å²) in [4.78, 5) is 23.6. The number of anilines is 1. The first-order valence-electron chi connectivity index (χ1n) is 8.82. The zero-order valence-electron chi connectivity index (χ0n) is 14.9. The van der Waals surface area contributed by atoms with Crippen LogP contribution in [-0.4, -0.2) is 21.5 Å². The predicted molar refractivity (Wildman–Crippen MR) is 93.6 cm³/mol. The molecule has 0 spiro atoms. The molecule has 1 aliphatic carbocycles. The van der Waals surface area contributed by atoms with E-state index in [9.17, 15) is 22.8 Å². The van der Waals surface area contributed by atoms with Crippen molar-refractivity contribution < 1.29 is 22.8 Å². The van der Waals surface area contributed by atoms with Crippen molar-refractivity contribution in [3.05, 3.63) is 46.8 Å². The highest BCUT2D eigenvalue weighted by molar-refractivity contribution is 5.95. The van der Waals surface area contributed by atoms with Crippen molar-refractivity contribution in [1.29, 1.82) is 0 Å². The Balaban J connectivity index is 1.79. The first-order valence-corrected chi connectivity index (χ1v) is 8.82. The summed E-state index contributed by atoms with van der Waals surface area (Å²) in [6.45, 7) is 1.15. The second kappa shape index (κ2) is 7.54. The van der Waals surface area contributed by atoms with E-state index in [0.29, 0.717) is 36.2 Å². The van der Waals surface area contributed by atoms with Crippen LogP contribution >= 0.6 is 0 Å². The molecule has 1 N–H and O–H groups in total. The molecule has 0 saturated heterocycles. The minimum absolute atomic E-state index is 0.0909. The fourth-order valence-corrected chi connectivity index (χ4v) is 3.33. The number of ketones is 1. The van der Waals surface area contributed by atoms with Crippen LogP contribution in [0.1, 0.15) is 53.5 Å². The van der Waals surface area contributed by atoms with Crippen molar-refractivity contribution in [1.82, 2.24) is 9.78 Å². The third kappa shape index (κ3) is 4.37. The topological polar surface area (TPSA) is 64.0 Å². The Morgan fingerprint density at radius 2 is 1.78 bits per heavy atom. The van der Waals surface area contributed by atoms with Gasteiger partial charge in [-0.05, 0) is 56.9 Å². The molecule has 0 fully saturated rings. The highest BCUT2D eigenvalue weighted by Gasteiger charge is 2.39. The number of aromatic nitrogens is 2. The Labute approximate surface area is 154 Å². The lowest BCUT2D eigenvalue weighted by Gasteiger charge is -2.09. The van der Waals surface area contributed by atoms with Gasteiger partial charge in [0.1, 0.15) is 6.54 Å². The number of hydrogen-bond donors (Lipinski definition) is 1. The molecular weight excluding hydrogens is 359 g/mol. The van der Waals surface area contributed by atoms with Gasteiger partial charge in [0.2, 0.25) is 5.91 Å². The molecule has 1 aromatic heterocycles. The average molecular weight is 379 g/mol. The Morgan fingerprint density at radius 3 is 2.41 bits per heavy atom. The van der Waals surface area contributed by atoms with Gasteiger partial charge in [0, 0.05) is 22.5 Å². The highest BCUT2D eigenvalue weighted by Crippen LogP contribution is 2.35. The minimum atomic E-state index is -4.53. The summed E-state index contributed by atoms with van der Waals surface area (Å²) >= 11 is 0. The molecule has 0 unspecified atom stereocenters. The fourth-order valence-electron chi connectivity index (χ4n) is 3.33. The second-order valence-electron chi connectivity index (χ2n) is 6.67. The zero-order chi connectivity index (χ0) is 19.6. The predicted octanol–water partition coefficient (Wildman–Crippen LogP) is 4.01. The van der Waals surface area contributed by atoms with Gasteiger partial charge < -0.3 is 5.32 Å². The first kappa shape index (κ1) is 19.1. The number of carbonyl (C=O) groups is 2. The van der Waals surface area contributed by atoms with Crippen LogP contribution in [-0.2, 0) is 30.4 Å². The van der Waals surface area contributed by atoms with Gasteiger partial charge in [-0.3, -0.25) is 14.3 Å². The van der Waals surface area contributed by atoms with Crippen molar-refractivity contribution in [2.75, 3.05) is 5.32 Å². The molecule has 5 nitrogen and oxygen atoms in total. The Hall–Kier alpha value is -2.64. The number of amides is 1. The number of alkyl halides is 3. The summed E-state index contributed by atoms with van der Waals surface area (Å²) in [5.41, 5.74) is 0.832. The van der Waals surface area contributed by atoms with E-state index >= 15 is 0 Å². The van der Waals surface area contributed by atoms with Gasteiger partial charge in [0.25, 0.3) is 0 Å². The van der Waals surface area contributed by atoms with Crippen LogP contribution < -0.4 is 5.32 Å². The van der Waals surface area contributed by atoms with E-state index < -0.39 is 17.8 Å². The van der Waals surface area contributed by atoms with Crippen molar-refractivity contribution in [2.24, 2.45) is 0 Å². The smallest absolute Gasteiger partial charge is 0.324 e. The fraction of sp³-hybridized carbons (Fsp3) is 0.421. The number of nitrogens with one attached hydrogen (secondary N) is 1. The van der Waals surface area contributed by atoms with E-state index in [-0.39, 0.29) is 17.9 Å². The molecule has 1 aromatic carbocycles. The largest absolute Gasteiger partial charge is 0.435 e. The number of halogens is 3. The standard InChI is InChI=1S/C19H20F3N3O2/c1-12(26)13-7-9-14(10-8-13)23-17(27)11-25-16-6-4-2-3-5-15(16)18(24-25)19(20,21)22/h7-10H,2-6,11H2,1H3,(H,23,27). The maximum Gasteiger partial charge on any atom is 0.435 e. The molecule has 144 valence electrons. The second-order valence-corrected chi connectivity index (χ2v) is 6.67. The van der Waals surface area contributed by atoms with Crippen LogP contribution in [0.4, 0.5) is 18.9 Å². The van der Waals surface area contributed by atoms with E-state index in [1.54, 1.807) is 24.3 Å². The van der Waals surface area contributed by atoms with Crippen LogP contribution in [0.2, 0.25) is 0 Å². The Kier molecular flexibility index (Phi) is 5.34. The van der Waals surface area contributed by atoms with E-state index in [1.807, 2.05) is 0 Å². The molecule has 1 heterocycles. The van der Waals surface area contributed by atoms with Crippen molar-refractivity contribution in [2.45, 2.75) is 51.7 Å². The molecule has 1 aliphatic rings. The Morgan fingerprint density at radius 1 is 1.11 bits per heavy atom. The molecule has 3 rings (SSSR count). The first-order chi connectivity index (χ1) is 12.8. The molecular formula is C19H20F3N3O2. The maximum atomic E-state index is 13.3. The minimum Gasteiger partial charge on any atom is -0.324 e. The van der Waals surface area contributed by atoms with Gasteiger partial charge in [0.15, 0.2) is 11.5 Å². The number of fused-ring (bicyclic) bond motifs is 1. The lowest BCUT2D eigenvalue weighted by Crippen LogP contribution is -2.21. The molecule has 0 radical (unpaired) electrons. The molecule has 0 atom stereocenters. The van der Waals surface area contributed by atoms with Crippen LogP contribution in [0.15, 0.2) is 24.3 Å². The molecule has 27 heavy (non-hydrogen) atoms. The van der Waals surface area contributed by atoms with Crippen molar-refractivity contribution in [3.63, 3.8) is 0 Å². The van der Waals surface area contributed by atoms with E-state index in [4.69, 9.17) is 0 Å². The van der Waals surface area contributed by atoms with Crippen LogP contribution in [0.25, 0.3) is 0 Å². The Bertz CT molecular complexity index is 854. The summed E-state index contributed by atoms with van der Waals surface area (Å²) in [7, 11) is 0. The number of rotatable bonds is 4. The van der Waals surface area contributed by atoms with Gasteiger partial charge in [-0.1, -0.05) is 6.42 Å². The molecule has 0 aliphatic heterocycles. The molecule has 1 amide bonds. The SMILES string of the molecule is CC(=O)c1ccc(NC(=O)Cn2nc(C(F)(F)F)c3c2CCCCC3)cc1. The normalized spacial score (nSPS) is 14.4. The summed E-state index contributed by atoms with van der Waals surface area (Å²) in [6, 6.07) is 6.33. The lowest BCUT2D eigenvalue weighted by atomic mass is 10.1. The summed E-state index contributed by atoms with van der Waals surface area (Å²) in [5.74, 6) is -0.555. The molecule has 0 bridgehead atoms. The third-order valence-corrected chi connectivity index (χ3v) is 4.64. The lowest BCUT2D eigenvalue weighted by molar-refractivity contribution is -0.142. The molecule has 8 heteroatoms. The van der Waals surface area contributed by atoms with E-state index in [1.165, 1.54) is 11.6 Å². The van der Waals surface area contributed by atoms with Crippen molar-refractivity contribution >= 4 is 17.4 Å². The molecule has 0 saturated carbocycles. The van der Waals surface area contributed by atoms with Crippen LogP contribution in [0.5, 0.6) is 0 Å². The van der Waals surface area contributed by atoms with Crippen molar-refractivity contribution in [3.8, 4) is 0 Å². The average Bonchev–Trinajstić information content (AvgIpc) is 2.78. The van der Waals surface area contributed by atoms with Crippen LogP contribution in [0.3, 0.4) is 0 Å². The highest BCUT2D eigenvalue weighted by atomic mass is 19.4. The maximum absolute atomic E-state index is 13.3. The van der Waals surface area contributed by atoms with Gasteiger partial charge in [0.05, 0.1) is 0 Å². The number of benzene rings is 1. The third-order valence-electron chi connectivity index (χ3n) is 4.64. The monoisotopic (exact) mass is 379 g/mol. The quantitative estimate of drug-likeness (QED) is 0.645. The zero-order valence-corrected chi connectivity index (χ0v) is 14.9. The number of carbonyl (C=O) groups excluding carboxylic acids is 2. The summed E-state index contributed by atoms with van der Waals surface area (Å²) in [5, 5.41) is 6.34. The summed E-state index contributed by atoms with van der Waals surface area (Å²) in [6.07, 6.45) is -1.38.